The fourth-order valence-electron chi connectivity index (χ4n) is 4.31. The molecule has 2 heterocycles. The average Bonchev–Trinajstić information content (AvgIpc) is 3.32. The normalized spacial score (nSPS) is 32.1. The first-order valence-electron chi connectivity index (χ1n) is 9.10. The lowest BCUT2D eigenvalue weighted by Crippen LogP contribution is -2.33. The molecule has 4 rings (SSSR count). The summed E-state index contributed by atoms with van der Waals surface area (Å²) in [5.74, 6) is 1.99. The first kappa shape index (κ1) is 15.9. The van der Waals surface area contributed by atoms with Crippen molar-refractivity contribution in [3.63, 3.8) is 0 Å². The van der Waals surface area contributed by atoms with Gasteiger partial charge in [-0.25, -0.2) is 0 Å². The number of nitrogens with zero attached hydrogens (tertiary/aromatic N) is 1. The lowest BCUT2D eigenvalue weighted by Gasteiger charge is -2.19. The Labute approximate surface area is 143 Å². The van der Waals surface area contributed by atoms with E-state index in [1.165, 1.54) is 0 Å². The van der Waals surface area contributed by atoms with Gasteiger partial charge in [-0.1, -0.05) is 0 Å². The number of ether oxygens (including phenoxy) is 2. The van der Waals surface area contributed by atoms with E-state index in [9.17, 15) is 4.79 Å². The largest absolute Gasteiger partial charge is 0.491 e. The number of fused-ring (bicyclic) bond motifs is 1. The molecule has 4 unspecified atom stereocenters. The molecule has 0 spiro atoms. The van der Waals surface area contributed by atoms with E-state index in [0.717, 1.165) is 56.7 Å². The minimum Gasteiger partial charge on any atom is -0.491 e. The summed E-state index contributed by atoms with van der Waals surface area (Å²) in [7, 11) is 0. The number of hydrogen-bond donors (Lipinski definition) is 1. The minimum absolute atomic E-state index is 0.113. The molecule has 1 amide bonds. The van der Waals surface area contributed by atoms with Crippen molar-refractivity contribution in [1.82, 2.24) is 4.90 Å². The van der Waals surface area contributed by atoms with Crippen molar-refractivity contribution in [2.45, 2.75) is 37.8 Å². The molecule has 0 radical (unpaired) electrons. The van der Waals surface area contributed by atoms with Crippen LogP contribution in [0, 0.1) is 11.8 Å². The third-order valence-electron chi connectivity index (χ3n) is 5.76. The van der Waals surface area contributed by atoms with Crippen LogP contribution in [0.2, 0.25) is 0 Å². The fourth-order valence-corrected chi connectivity index (χ4v) is 4.31. The molecule has 4 atom stereocenters. The molecule has 1 aromatic rings. The van der Waals surface area contributed by atoms with E-state index in [4.69, 9.17) is 15.2 Å². The lowest BCUT2D eigenvalue weighted by molar-refractivity contribution is 0.0679. The third kappa shape index (κ3) is 3.15. The number of benzene rings is 1. The number of likely N-dealkylation sites (tertiary alicyclic amines) is 1. The summed E-state index contributed by atoms with van der Waals surface area (Å²) < 4.78 is 11.3. The van der Waals surface area contributed by atoms with Crippen LogP contribution in [-0.4, -0.2) is 49.3 Å². The SMILES string of the molecule is NC1CCC2CN(C(=O)c3ccc(OCC4CCCO4)cc3)CC12. The van der Waals surface area contributed by atoms with Crippen LogP contribution in [0.4, 0.5) is 0 Å². The molecule has 1 aliphatic carbocycles. The molecule has 24 heavy (non-hydrogen) atoms. The van der Waals surface area contributed by atoms with E-state index in [0.29, 0.717) is 18.4 Å². The molecule has 0 bridgehead atoms. The zero-order chi connectivity index (χ0) is 16.5. The van der Waals surface area contributed by atoms with Gasteiger partial charge in [0.25, 0.3) is 5.91 Å². The summed E-state index contributed by atoms with van der Waals surface area (Å²) in [6, 6.07) is 7.75. The number of hydrogen-bond acceptors (Lipinski definition) is 4. The number of nitrogens with two attached hydrogens (primary N) is 1. The number of rotatable bonds is 4. The Morgan fingerprint density at radius 2 is 2.04 bits per heavy atom. The summed E-state index contributed by atoms with van der Waals surface area (Å²) >= 11 is 0. The average molecular weight is 330 g/mol. The summed E-state index contributed by atoms with van der Waals surface area (Å²) in [6.07, 6.45) is 4.65. The number of carbonyl (C=O) groups is 1. The summed E-state index contributed by atoms with van der Waals surface area (Å²) in [5.41, 5.74) is 6.89. The highest BCUT2D eigenvalue weighted by Crippen LogP contribution is 2.37. The van der Waals surface area contributed by atoms with Gasteiger partial charge in [0, 0.05) is 31.3 Å². The van der Waals surface area contributed by atoms with Crippen molar-refractivity contribution in [3.8, 4) is 5.75 Å². The molecule has 2 N–H and O–H groups in total. The van der Waals surface area contributed by atoms with Gasteiger partial charge in [0.15, 0.2) is 0 Å². The first-order chi connectivity index (χ1) is 11.7. The van der Waals surface area contributed by atoms with Crippen molar-refractivity contribution >= 4 is 5.91 Å². The highest BCUT2D eigenvalue weighted by atomic mass is 16.5. The molecule has 2 aliphatic heterocycles. The van der Waals surface area contributed by atoms with Crippen molar-refractivity contribution in [2.75, 3.05) is 26.3 Å². The maximum atomic E-state index is 12.7. The van der Waals surface area contributed by atoms with Crippen LogP contribution < -0.4 is 10.5 Å². The predicted octanol–water partition coefficient (Wildman–Crippen LogP) is 2.05. The first-order valence-corrected chi connectivity index (χ1v) is 9.10. The second-order valence-corrected chi connectivity index (χ2v) is 7.35. The van der Waals surface area contributed by atoms with Crippen LogP contribution in [-0.2, 0) is 4.74 Å². The summed E-state index contributed by atoms with van der Waals surface area (Å²) in [4.78, 5) is 14.7. The van der Waals surface area contributed by atoms with E-state index in [1.54, 1.807) is 0 Å². The van der Waals surface area contributed by atoms with E-state index in [1.807, 2.05) is 29.2 Å². The van der Waals surface area contributed by atoms with Crippen molar-refractivity contribution in [1.29, 1.82) is 0 Å². The Balaban J connectivity index is 1.33. The molecular weight excluding hydrogens is 304 g/mol. The Morgan fingerprint density at radius 3 is 2.75 bits per heavy atom. The predicted molar refractivity (Wildman–Crippen MR) is 91.0 cm³/mol. The zero-order valence-electron chi connectivity index (χ0n) is 14.0. The molecule has 1 aromatic carbocycles. The monoisotopic (exact) mass is 330 g/mol. The van der Waals surface area contributed by atoms with Gasteiger partial charge in [-0.15, -0.1) is 0 Å². The van der Waals surface area contributed by atoms with E-state index >= 15 is 0 Å². The summed E-state index contributed by atoms with van der Waals surface area (Å²) in [6.45, 7) is 3.08. The topological polar surface area (TPSA) is 64.8 Å². The van der Waals surface area contributed by atoms with Gasteiger partial charge >= 0.3 is 0 Å². The number of carbonyl (C=O) groups excluding carboxylic acids is 1. The fraction of sp³-hybridized carbons (Fsp3) is 0.632. The standard InChI is InChI=1S/C19H26N2O3/c20-18-8-5-14-10-21(11-17(14)18)19(22)13-3-6-15(7-4-13)24-12-16-2-1-9-23-16/h3-4,6-7,14,16-18H,1-2,5,8-12,20H2. The minimum atomic E-state index is 0.113. The Morgan fingerprint density at radius 1 is 1.21 bits per heavy atom. The third-order valence-corrected chi connectivity index (χ3v) is 5.76. The lowest BCUT2D eigenvalue weighted by atomic mass is 9.98. The molecule has 2 saturated heterocycles. The van der Waals surface area contributed by atoms with Crippen molar-refractivity contribution in [3.05, 3.63) is 29.8 Å². The van der Waals surface area contributed by atoms with E-state index < -0.39 is 0 Å². The maximum Gasteiger partial charge on any atom is 0.253 e. The van der Waals surface area contributed by atoms with Gasteiger partial charge in [-0.2, -0.15) is 0 Å². The van der Waals surface area contributed by atoms with Gasteiger partial charge in [-0.05, 0) is 61.8 Å². The molecule has 5 heteroatoms. The molecular formula is C19H26N2O3. The molecule has 1 saturated carbocycles. The second-order valence-electron chi connectivity index (χ2n) is 7.35. The Bertz CT molecular complexity index is 583. The van der Waals surface area contributed by atoms with Crippen LogP contribution in [0.3, 0.4) is 0 Å². The van der Waals surface area contributed by atoms with Gasteiger partial charge < -0.3 is 20.1 Å². The summed E-state index contributed by atoms with van der Waals surface area (Å²) in [5, 5.41) is 0. The van der Waals surface area contributed by atoms with Gasteiger partial charge in [-0.3, -0.25) is 4.79 Å². The van der Waals surface area contributed by atoms with Crippen LogP contribution >= 0.6 is 0 Å². The van der Waals surface area contributed by atoms with Crippen molar-refractivity contribution in [2.24, 2.45) is 17.6 Å². The highest BCUT2D eigenvalue weighted by Gasteiger charge is 2.42. The smallest absolute Gasteiger partial charge is 0.253 e. The maximum absolute atomic E-state index is 12.7. The van der Waals surface area contributed by atoms with E-state index in [2.05, 4.69) is 0 Å². The highest BCUT2D eigenvalue weighted by molar-refractivity contribution is 5.94. The molecule has 130 valence electrons. The van der Waals surface area contributed by atoms with Gasteiger partial charge in [0.2, 0.25) is 0 Å². The Hall–Kier alpha value is -1.59. The van der Waals surface area contributed by atoms with Crippen molar-refractivity contribution < 1.29 is 14.3 Å². The quantitative estimate of drug-likeness (QED) is 0.918. The van der Waals surface area contributed by atoms with Gasteiger partial charge in [0.1, 0.15) is 12.4 Å². The Kier molecular flexibility index (Phi) is 4.46. The van der Waals surface area contributed by atoms with Crippen LogP contribution in [0.15, 0.2) is 24.3 Å². The van der Waals surface area contributed by atoms with Gasteiger partial charge in [0.05, 0.1) is 6.10 Å². The van der Waals surface area contributed by atoms with E-state index in [-0.39, 0.29) is 18.1 Å². The molecule has 3 aliphatic rings. The molecule has 5 nitrogen and oxygen atoms in total. The van der Waals surface area contributed by atoms with Crippen LogP contribution in [0.25, 0.3) is 0 Å². The van der Waals surface area contributed by atoms with Crippen LogP contribution in [0.5, 0.6) is 5.75 Å². The van der Waals surface area contributed by atoms with Crippen LogP contribution in [0.1, 0.15) is 36.0 Å². The zero-order valence-corrected chi connectivity index (χ0v) is 14.0. The number of amides is 1. The molecule has 3 fully saturated rings. The second kappa shape index (κ2) is 6.73. The molecule has 0 aromatic heterocycles.